The van der Waals surface area contributed by atoms with Crippen molar-refractivity contribution in [2.24, 2.45) is 0 Å². The van der Waals surface area contributed by atoms with Crippen molar-refractivity contribution in [1.82, 2.24) is 0 Å². The van der Waals surface area contributed by atoms with E-state index in [9.17, 15) is 28.1 Å². The van der Waals surface area contributed by atoms with Gasteiger partial charge in [-0.05, 0) is 24.3 Å². The number of halogens is 3. The van der Waals surface area contributed by atoms with Gasteiger partial charge in [0.1, 0.15) is 5.75 Å². The molecule has 0 unspecified atom stereocenters. The van der Waals surface area contributed by atoms with Crippen molar-refractivity contribution in [3.63, 3.8) is 0 Å². The van der Waals surface area contributed by atoms with E-state index >= 15 is 0 Å². The number of alkyl halides is 3. The van der Waals surface area contributed by atoms with Gasteiger partial charge in [0.25, 0.3) is 5.91 Å². The molecule has 2 aromatic rings. The Hall–Kier alpha value is -3.30. The molecule has 25 heavy (non-hydrogen) atoms. The zero-order valence-electron chi connectivity index (χ0n) is 12.7. The van der Waals surface area contributed by atoms with Gasteiger partial charge in [-0.25, -0.2) is 0 Å². The third-order valence-corrected chi connectivity index (χ3v) is 2.96. The summed E-state index contributed by atoms with van der Waals surface area (Å²) in [5.74, 6) is -1.27. The number of anilines is 1. The van der Waals surface area contributed by atoms with Crippen molar-refractivity contribution in [2.45, 2.75) is 6.36 Å². The number of hydrogen-bond acceptors (Lipinski definition) is 5. The van der Waals surface area contributed by atoms with Gasteiger partial charge in [0.05, 0.1) is 12.0 Å². The molecule has 0 saturated carbocycles. The lowest BCUT2D eigenvalue weighted by Crippen LogP contribution is -2.17. The Morgan fingerprint density at radius 1 is 1.20 bits per heavy atom. The average Bonchev–Trinajstić information content (AvgIpc) is 2.52. The molecule has 0 aromatic heterocycles. The van der Waals surface area contributed by atoms with Crippen LogP contribution in [0.2, 0.25) is 0 Å². The fraction of sp³-hybridized carbons (Fsp3) is 0.133. The lowest BCUT2D eigenvalue weighted by atomic mass is 10.1. The molecular weight excluding hydrogens is 345 g/mol. The topological polar surface area (TPSA) is 90.7 Å². The van der Waals surface area contributed by atoms with E-state index in [1.165, 1.54) is 31.4 Å². The van der Waals surface area contributed by atoms with Gasteiger partial charge in [-0.3, -0.25) is 14.9 Å². The second-order valence-corrected chi connectivity index (χ2v) is 4.67. The Balaban J connectivity index is 2.21. The Bertz CT molecular complexity index is 808. The molecule has 0 atom stereocenters. The van der Waals surface area contributed by atoms with Crippen molar-refractivity contribution in [1.29, 1.82) is 0 Å². The summed E-state index contributed by atoms with van der Waals surface area (Å²) < 4.78 is 45.2. The Morgan fingerprint density at radius 3 is 2.52 bits per heavy atom. The molecule has 7 nitrogen and oxygen atoms in total. The normalized spacial score (nSPS) is 10.9. The van der Waals surface area contributed by atoms with Crippen molar-refractivity contribution in [3.05, 3.63) is 58.1 Å². The van der Waals surface area contributed by atoms with Crippen molar-refractivity contribution < 1.29 is 32.4 Å². The molecule has 1 amide bonds. The van der Waals surface area contributed by atoms with Gasteiger partial charge in [0.2, 0.25) is 0 Å². The molecule has 0 spiro atoms. The van der Waals surface area contributed by atoms with Crippen LogP contribution in [0.5, 0.6) is 11.5 Å². The second-order valence-electron chi connectivity index (χ2n) is 4.67. The largest absolute Gasteiger partial charge is 0.573 e. The highest BCUT2D eigenvalue weighted by Gasteiger charge is 2.31. The lowest BCUT2D eigenvalue weighted by Gasteiger charge is -2.11. The number of nitrogens with zero attached hydrogens (tertiary/aromatic N) is 1. The Labute approximate surface area is 139 Å². The van der Waals surface area contributed by atoms with Crippen LogP contribution in [0.4, 0.5) is 24.5 Å². The predicted molar refractivity (Wildman–Crippen MR) is 80.7 cm³/mol. The van der Waals surface area contributed by atoms with E-state index in [1.807, 2.05) is 0 Å². The number of nitro benzene ring substituents is 1. The second kappa shape index (κ2) is 7.07. The third-order valence-electron chi connectivity index (χ3n) is 2.96. The first-order valence-electron chi connectivity index (χ1n) is 6.69. The van der Waals surface area contributed by atoms with E-state index in [0.29, 0.717) is 0 Å². The standard InChI is InChI=1S/C15H11F3N2O5/c1-24-13-6-5-9(7-12(13)20(22)23)14(21)19-10-3-2-4-11(8-10)25-15(16,17)18/h2-8H,1H3,(H,19,21). The summed E-state index contributed by atoms with van der Waals surface area (Å²) in [6, 6.07) is 8.19. The summed E-state index contributed by atoms with van der Waals surface area (Å²) in [4.78, 5) is 22.4. The number of rotatable bonds is 5. The summed E-state index contributed by atoms with van der Waals surface area (Å²) in [6.07, 6.45) is -4.86. The fourth-order valence-electron chi connectivity index (χ4n) is 1.95. The molecule has 0 saturated heterocycles. The van der Waals surface area contributed by atoms with E-state index in [2.05, 4.69) is 10.1 Å². The maximum Gasteiger partial charge on any atom is 0.573 e. The summed E-state index contributed by atoms with van der Waals surface area (Å²) in [5.41, 5.74) is -0.441. The number of carbonyl (C=O) groups excluding carboxylic acids is 1. The van der Waals surface area contributed by atoms with Crippen LogP contribution in [-0.2, 0) is 0 Å². The first-order valence-corrected chi connectivity index (χ1v) is 6.69. The lowest BCUT2D eigenvalue weighted by molar-refractivity contribution is -0.385. The van der Waals surface area contributed by atoms with Crippen molar-refractivity contribution >= 4 is 17.3 Å². The van der Waals surface area contributed by atoms with Gasteiger partial charge < -0.3 is 14.8 Å². The zero-order valence-corrected chi connectivity index (χ0v) is 12.7. The number of amides is 1. The number of nitro groups is 1. The Kier molecular flexibility index (Phi) is 5.11. The quantitative estimate of drug-likeness (QED) is 0.651. The third kappa shape index (κ3) is 4.83. The molecule has 0 radical (unpaired) electrons. The number of nitrogens with one attached hydrogen (secondary N) is 1. The number of benzene rings is 2. The summed E-state index contributed by atoms with van der Waals surface area (Å²) >= 11 is 0. The van der Waals surface area contributed by atoms with E-state index < -0.39 is 28.6 Å². The molecule has 0 aliphatic rings. The SMILES string of the molecule is COc1ccc(C(=O)Nc2cccc(OC(F)(F)F)c2)cc1[N+](=O)[O-]. The Morgan fingerprint density at radius 2 is 1.92 bits per heavy atom. The van der Waals surface area contributed by atoms with Gasteiger partial charge >= 0.3 is 12.0 Å². The van der Waals surface area contributed by atoms with E-state index in [-0.39, 0.29) is 17.0 Å². The molecule has 132 valence electrons. The van der Waals surface area contributed by atoms with Crippen LogP contribution in [0.1, 0.15) is 10.4 Å². The van der Waals surface area contributed by atoms with Gasteiger partial charge in [-0.1, -0.05) is 6.07 Å². The number of ether oxygens (including phenoxy) is 2. The minimum Gasteiger partial charge on any atom is -0.490 e. The summed E-state index contributed by atoms with van der Waals surface area (Å²) in [7, 11) is 1.24. The van der Waals surface area contributed by atoms with Crippen LogP contribution < -0.4 is 14.8 Å². The summed E-state index contributed by atoms with van der Waals surface area (Å²) in [5, 5.41) is 13.3. The maximum absolute atomic E-state index is 12.2. The molecule has 10 heteroatoms. The van der Waals surface area contributed by atoms with Crippen molar-refractivity contribution in [2.75, 3.05) is 12.4 Å². The van der Waals surface area contributed by atoms with Gasteiger partial charge in [-0.15, -0.1) is 13.2 Å². The summed E-state index contributed by atoms with van der Waals surface area (Å²) in [6.45, 7) is 0. The fourth-order valence-corrected chi connectivity index (χ4v) is 1.95. The number of hydrogen-bond donors (Lipinski definition) is 1. The molecule has 0 aliphatic heterocycles. The van der Waals surface area contributed by atoms with Crippen LogP contribution in [0.3, 0.4) is 0 Å². The highest BCUT2D eigenvalue weighted by molar-refractivity contribution is 6.04. The first kappa shape index (κ1) is 18.0. The zero-order chi connectivity index (χ0) is 18.6. The number of carbonyl (C=O) groups is 1. The molecule has 0 bridgehead atoms. The molecule has 0 fully saturated rings. The molecule has 1 N–H and O–H groups in total. The highest BCUT2D eigenvalue weighted by atomic mass is 19.4. The first-order chi connectivity index (χ1) is 11.7. The van der Waals surface area contributed by atoms with Crippen LogP contribution in [-0.4, -0.2) is 24.3 Å². The minimum atomic E-state index is -4.86. The molecule has 0 heterocycles. The van der Waals surface area contributed by atoms with Crippen LogP contribution in [0.15, 0.2) is 42.5 Å². The number of methoxy groups -OCH3 is 1. The monoisotopic (exact) mass is 356 g/mol. The molecular formula is C15H11F3N2O5. The molecule has 2 aromatic carbocycles. The van der Waals surface area contributed by atoms with Crippen molar-refractivity contribution in [3.8, 4) is 11.5 Å². The van der Waals surface area contributed by atoms with Gasteiger partial charge in [-0.2, -0.15) is 0 Å². The highest BCUT2D eigenvalue weighted by Crippen LogP contribution is 2.28. The van der Waals surface area contributed by atoms with Gasteiger partial charge in [0.15, 0.2) is 5.75 Å². The van der Waals surface area contributed by atoms with Crippen LogP contribution in [0.25, 0.3) is 0 Å². The van der Waals surface area contributed by atoms with E-state index in [4.69, 9.17) is 4.74 Å². The maximum atomic E-state index is 12.2. The smallest absolute Gasteiger partial charge is 0.490 e. The van der Waals surface area contributed by atoms with Gasteiger partial charge in [0, 0.05) is 23.4 Å². The predicted octanol–water partition coefficient (Wildman–Crippen LogP) is 3.75. The van der Waals surface area contributed by atoms with Crippen LogP contribution >= 0.6 is 0 Å². The average molecular weight is 356 g/mol. The van der Waals surface area contributed by atoms with E-state index in [1.54, 1.807) is 0 Å². The minimum absolute atomic E-state index is 0.0258. The molecule has 0 aliphatic carbocycles. The van der Waals surface area contributed by atoms with E-state index in [0.717, 1.165) is 18.2 Å². The molecule has 2 rings (SSSR count). The van der Waals surface area contributed by atoms with Crippen LogP contribution in [0, 0.1) is 10.1 Å².